The zero-order valence-electron chi connectivity index (χ0n) is 14.6. The van der Waals surface area contributed by atoms with Crippen molar-refractivity contribution in [2.24, 2.45) is 0 Å². The first-order valence-electron chi connectivity index (χ1n) is 8.40. The van der Waals surface area contributed by atoms with Gasteiger partial charge in [-0.05, 0) is 32.0 Å². The molecule has 2 atom stereocenters. The van der Waals surface area contributed by atoms with E-state index in [0.29, 0.717) is 17.1 Å². The number of aromatic hydroxyl groups is 1. The summed E-state index contributed by atoms with van der Waals surface area (Å²) in [6.45, 7) is 3.55. The summed E-state index contributed by atoms with van der Waals surface area (Å²) in [5, 5.41) is 17.3. The molecule has 0 radical (unpaired) electrons. The number of aromatic nitrogens is 3. The minimum Gasteiger partial charge on any atom is -0.493 e. The number of carbonyl (C=O) groups is 1. The zero-order chi connectivity index (χ0) is 19.1. The average Bonchev–Trinajstić information content (AvgIpc) is 3.05. The van der Waals surface area contributed by atoms with Gasteiger partial charge in [0, 0.05) is 11.6 Å². The quantitative estimate of drug-likeness (QED) is 0.586. The lowest BCUT2D eigenvalue weighted by atomic mass is 10.1. The van der Waals surface area contributed by atoms with Crippen LogP contribution in [0, 0.1) is 5.82 Å². The van der Waals surface area contributed by atoms with Crippen molar-refractivity contribution in [3.05, 3.63) is 47.4 Å². The molecule has 0 spiro atoms. The van der Waals surface area contributed by atoms with Gasteiger partial charge in [-0.25, -0.2) is 14.2 Å². The highest BCUT2D eigenvalue weighted by Crippen LogP contribution is 2.31. The van der Waals surface area contributed by atoms with E-state index in [0.717, 1.165) is 4.52 Å². The number of anilines is 1. The topological polar surface area (TPSA) is 98.0 Å². The number of carbonyl (C=O) groups excluding carboxylic acids is 1. The standard InChI is InChI=1S/C18H17FN4O4/c1-9-8-26-18(25)13-7-20-23-16(24)6-15(22-17(13)23)21-10(2)12-5-11(19)3-4-14(12)27-9/h3-7,9-10,24H,8H2,1-2H3,(H,21,22)/t9-,10+/m0/s1. The molecule has 2 aromatic heterocycles. The molecule has 0 amide bonds. The second kappa shape index (κ2) is 6.42. The van der Waals surface area contributed by atoms with Crippen molar-refractivity contribution < 1.29 is 23.8 Å². The van der Waals surface area contributed by atoms with E-state index in [2.05, 4.69) is 15.4 Å². The number of hydrogen-bond acceptors (Lipinski definition) is 7. The van der Waals surface area contributed by atoms with Crippen LogP contribution in [0.2, 0.25) is 0 Å². The smallest absolute Gasteiger partial charge is 0.343 e. The van der Waals surface area contributed by atoms with Crippen molar-refractivity contribution in [3.8, 4) is 11.6 Å². The number of esters is 1. The maximum Gasteiger partial charge on any atom is 0.343 e. The third kappa shape index (κ3) is 3.12. The maximum atomic E-state index is 13.8. The molecule has 0 aliphatic carbocycles. The van der Waals surface area contributed by atoms with Gasteiger partial charge in [0.25, 0.3) is 0 Å². The molecule has 1 aromatic carbocycles. The van der Waals surface area contributed by atoms with Crippen LogP contribution in [0.3, 0.4) is 0 Å². The highest BCUT2D eigenvalue weighted by Gasteiger charge is 2.22. The summed E-state index contributed by atoms with van der Waals surface area (Å²) in [4.78, 5) is 16.7. The summed E-state index contributed by atoms with van der Waals surface area (Å²) in [6, 6.07) is 5.18. The van der Waals surface area contributed by atoms with Crippen molar-refractivity contribution in [2.75, 3.05) is 11.9 Å². The SMILES string of the molecule is C[C@H]1COC(=O)c2cnn3c(O)cc(nc23)N[C@H](C)c2cc(F)ccc2O1. The van der Waals surface area contributed by atoms with Crippen molar-refractivity contribution in [2.45, 2.75) is 26.0 Å². The summed E-state index contributed by atoms with van der Waals surface area (Å²) in [6.07, 6.45) is 0.828. The average molecular weight is 372 g/mol. The van der Waals surface area contributed by atoms with Gasteiger partial charge in [0.1, 0.15) is 35.7 Å². The Hall–Kier alpha value is -3.36. The predicted octanol–water partition coefficient (Wildman–Crippen LogP) is 2.68. The van der Waals surface area contributed by atoms with Crippen LogP contribution in [0.5, 0.6) is 11.6 Å². The third-order valence-electron chi connectivity index (χ3n) is 4.25. The molecule has 140 valence electrons. The molecule has 0 saturated heterocycles. The third-order valence-corrected chi connectivity index (χ3v) is 4.25. The number of nitrogens with zero attached hydrogens (tertiary/aromatic N) is 3. The van der Waals surface area contributed by atoms with Gasteiger partial charge in [-0.2, -0.15) is 9.61 Å². The van der Waals surface area contributed by atoms with Crippen LogP contribution in [0.4, 0.5) is 10.2 Å². The Morgan fingerprint density at radius 2 is 2.15 bits per heavy atom. The van der Waals surface area contributed by atoms with Crippen LogP contribution in [-0.2, 0) is 4.74 Å². The summed E-state index contributed by atoms with van der Waals surface area (Å²) < 4.78 is 26.1. The number of nitrogens with one attached hydrogen (secondary N) is 1. The number of halogens is 1. The van der Waals surface area contributed by atoms with Gasteiger partial charge >= 0.3 is 5.97 Å². The number of rotatable bonds is 0. The lowest BCUT2D eigenvalue weighted by Crippen LogP contribution is -2.22. The highest BCUT2D eigenvalue weighted by atomic mass is 19.1. The van der Waals surface area contributed by atoms with E-state index >= 15 is 0 Å². The summed E-state index contributed by atoms with van der Waals surface area (Å²) in [7, 11) is 0. The lowest BCUT2D eigenvalue weighted by Gasteiger charge is -2.21. The molecule has 2 N–H and O–H groups in total. The van der Waals surface area contributed by atoms with Gasteiger partial charge in [-0.15, -0.1) is 0 Å². The van der Waals surface area contributed by atoms with Crippen LogP contribution in [0.15, 0.2) is 30.5 Å². The molecular weight excluding hydrogens is 355 g/mol. The van der Waals surface area contributed by atoms with E-state index in [9.17, 15) is 14.3 Å². The van der Waals surface area contributed by atoms with Crippen molar-refractivity contribution >= 4 is 17.4 Å². The van der Waals surface area contributed by atoms with E-state index in [4.69, 9.17) is 9.47 Å². The Bertz CT molecular complexity index is 1040. The van der Waals surface area contributed by atoms with E-state index in [1.54, 1.807) is 6.92 Å². The summed E-state index contributed by atoms with van der Waals surface area (Å²) in [5.41, 5.74) is 0.848. The van der Waals surface area contributed by atoms with Crippen LogP contribution in [0.25, 0.3) is 5.65 Å². The van der Waals surface area contributed by atoms with Crippen LogP contribution < -0.4 is 10.1 Å². The Kier molecular flexibility index (Phi) is 4.06. The molecule has 8 nitrogen and oxygen atoms in total. The summed E-state index contributed by atoms with van der Waals surface area (Å²) in [5.74, 6) is -0.473. The fourth-order valence-electron chi connectivity index (χ4n) is 2.95. The van der Waals surface area contributed by atoms with Crippen molar-refractivity contribution in [3.63, 3.8) is 0 Å². The minimum absolute atomic E-state index is 0.0134. The Morgan fingerprint density at radius 1 is 1.33 bits per heavy atom. The molecule has 0 fully saturated rings. The van der Waals surface area contributed by atoms with Crippen LogP contribution >= 0.6 is 0 Å². The van der Waals surface area contributed by atoms with Gasteiger partial charge in [0.15, 0.2) is 5.65 Å². The number of fused-ring (bicyclic) bond motifs is 2. The molecule has 4 rings (SSSR count). The summed E-state index contributed by atoms with van der Waals surface area (Å²) >= 11 is 0. The van der Waals surface area contributed by atoms with Crippen molar-refractivity contribution in [1.82, 2.24) is 14.6 Å². The fraction of sp³-hybridized carbons (Fsp3) is 0.278. The maximum absolute atomic E-state index is 13.8. The molecule has 9 heteroatoms. The number of hydrogen-bond donors (Lipinski definition) is 2. The largest absolute Gasteiger partial charge is 0.493 e. The normalized spacial score (nSPS) is 19.9. The van der Waals surface area contributed by atoms with Crippen LogP contribution in [0.1, 0.15) is 35.8 Å². The van der Waals surface area contributed by atoms with Gasteiger partial charge in [0.2, 0.25) is 5.88 Å². The molecule has 0 unspecified atom stereocenters. The number of benzene rings is 1. The molecule has 3 heterocycles. The Morgan fingerprint density at radius 3 is 2.96 bits per heavy atom. The second-order valence-electron chi connectivity index (χ2n) is 6.37. The lowest BCUT2D eigenvalue weighted by molar-refractivity contribution is 0.0341. The number of cyclic esters (lactones) is 1. The van der Waals surface area contributed by atoms with E-state index in [-0.39, 0.29) is 29.7 Å². The Labute approximate surface area is 153 Å². The highest BCUT2D eigenvalue weighted by molar-refractivity contribution is 5.96. The zero-order valence-corrected chi connectivity index (χ0v) is 14.6. The minimum atomic E-state index is -0.629. The van der Waals surface area contributed by atoms with Gasteiger partial charge in [0.05, 0.1) is 12.2 Å². The molecule has 0 saturated carbocycles. The van der Waals surface area contributed by atoms with Gasteiger partial charge in [-0.3, -0.25) is 0 Å². The predicted molar refractivity (Wildman–Crippen MR) is 93.5 cm³/mol. The molecule has 1 aliphatic heterocycles. The van der Waals surface area contributed by atoms with Gasteiger partial charge in [-0.1, -0.05) is 0 Å². The molecule has 2 bridgehead atoms. The molecule has 3 aromatic rings. The Balaban J connectivity index is 1.85. The van der Waals surface area contributed by atoms with E-state index < -0.39 is 17.9 Å². The number of ether oxygens (including phenoxy) is 2. The van der Waals surface area contributed by atoms with E-state index in [1.807, 2.05) is 6.92 Å². The monoisotopic (exact) mass is 372 g/mol. The first-order chi connectivity index (χ1) is 12.9. The van der Waals surface area contributed by atoms with E-state index in [1.165, 1.54) is 30.5 Å². The van der Waals surface area contributed by atoms with Crippen molar-refractivity contribution in [1.29, 1.82) is 0 Å². The first-order valence-corrected chi connectivity index (χ1v) is 8.40. The fourth-order valence-corrected chi connectivity index (χ4v) is 2.95. The van der Waals surface area contributed by atoms with Gasteiger partial charge < -0.3 is 19.9 Å². The first kappa shape index (κ1) is 17.1. The molecular formula is C18H17FN4O4. The molecule has 27 heavy (non-hydrogen) atoms. The van der Waals surface area contributed by atoms with Crippen LogP contribution in [-0.4, -0.2) is 38.4 Å². The second-order valence-corrected chi connectivity index (χ2v) is 6.37. The molecule has 1 aliphatic rings.